The first-order valence-corrected chi connectivity index (χ1v) is 7.76. The van der Waals surface area contributed by atoms with Crippen molar-refractivity contribution in [3.8, 4) is 0 Å². The molecule has 0 aromatic heterocycles. The van der Waals surface area contributed by atoms with Crippen molar-refractivity contribution in [2.24, 2.45) is 0 Å². The molecule has 0 spiro atoms. The molecular formula is C10H9NO6S2. The summed E-state index contributed by atoms with van der Waals surface area (Å²) in [5.74, 6) is 0. The Morgan fingerprint density at radius 3 is 2.00 bits per heavy atom. The monoisotopic (exact) mass is 303 g/mol. The second kappa shape index (κ2) is 4.17. The van der Waals surface area contributed by atoms with Gasteiger partial charge in [0.15, 0.2) is 0 Å². The fourth-order valence-corrected chi connectivity index (χ4v) is 3.80. The van der Waals surface area contributed by atoms with Crippen molar-refractivity contribution in [2.45, 2.75) is 9.79 Å². The molecule has 0 heterocycles. The van der Waals surface area contributed by atoms with Gasteiger partial charge in [0, 0.05) is 16.5 Å². The second-order valence-corrected chi connectivity index (χ2v) is 6.53. The molecule has 0 atom stereocenters. The van der Waals surface area contributed by atoms with E-state index in [0.29, 0.717) is 0 Å². The standard InChI is InChI=1S/C10H9NO6S2/c11-8-3-1-2-7-6(8)4-5-9(18(12,13)14)10(7)19(15,16)17/h1-5H,11H2,(H,12,13,14)(H,15,16,17). The summed E-state index contributed by atoms with van der Waals surface area (Å²) in [6.07, 6.45) is 0. The Morgan fingerprint density at radius 2 is 1.47 bits per heavy atom. The number of hydrogen-bond acceptors (Lipinski definition) is 5. The molecule has 19 heavy (non-hydrogen) atoms. The van der Waals surface area contributed by atoms with Gasteiger partial charge >= 0.3 is 0 Å². The quantitative estimate of drug-likeness (QED) is 0.554. The minimum absolute atomic E-state index is 0.0855. The number of anilines is 1. The average Bonchev–Trinajstić information content (AvgIpc) is 2.25. The molecule has 0 amide bonds. The van der Waals surface area contributed by atoms with Crippen LogP contribution in [0.3, 0.4) is 0 Å². The van der Waals surface area contributed by atoms with Crippen molar-refractivity contribution in [3.63, 3.8) is 0 Å². The van der Waals surface area contributed by atoms with Crippen LogP contribution in [0.1, 0.15) is 0 Å². The Bertz CT molecular complexity index is 870. The SMILES string of the molecule is Nc1cccc2c(S(=O)(=O)O)c(S(=O)(=O)O)ccc12. The molecule has 2 aromatic rings. The number of nitrogen functional groups attached to an aromatic ring is 1. The van der Waals surface area contributed by atoms with E-state index in [-0.39, 0.29) is 16.5 Å². The van der Waals surface area contributed by atoms with E-state index in [1.165, 1.54) is 24.3 Å². The van der Waals surface area contributed by atoms with Gasteiger partial charge in [0.1, 0.15) is 9.79 Å². The first-order chi connectivity index (χ1) is 8.62. The Kier molecular flexibility index (Phi) is 3.01. The summed E-state index contributed by atoms with van der Waals surface area (Å²) in [5.41, 5.74) is 5.85. The minimum atomic E-state index is -4.85. The molecule has 7 nitrogen and oxygen atoms in total. The summed E-state index contributed by atoms with van der Waals surface area (Å²) in [5, 5.41) is 0.167. The van der Waals surface area contributed by atoms with Crippen LogP contribution in [0.15, 0.2) is 40.1 Å². The fourth-order valence-electron chi connectivity index (χ4n) is 1.80. The van der Waals surface area contributed by atoms with Gasteiger partial charge in [-0.25, -0.2) is 0 Å². The first kappa shape index (κ1) is 13.7. The molecular weight excluding hydrogens is 294 g/mol. The van der Waals surface area contributed by atoms with Crippen LogP contribution < -0.4 is 5.73 Å². The Hall–Kier alpha value is -1.68. The summed E-state index contributed by atoms with van der Waals surface area (Å²) in [4.78, 5) is -1.78. The van der Waals surface area contributed by atoms with Crippen LogP contribution in [-0.4, -0.2) is 25.9 Å². The third kappa shape index (κ3) is 2.40. The van der Waals surface area contributed by atoms with Crippen LogP contribution in [0, 0.1) is 0 Å². The normalized spacial score (nSPS) is 12.7. The largest absolute Gasteiger partial charge is 0.398 e. The highest BCUT2D eigenvalue weighted by Crippen LogP contribution is 2.32. The molecule has 0 saturated carbocycles. The lowest BCUT2D eigenvalue weighted by Gasteiger charge is -2.09. The molecule has 0 aliphatic heterocycles. The molecule has 0 radical (unpaired) electrons. The molecule has 0 aliphatic rings. The molecule has 0 aliphatic carbocycles. The van der Waals surface area contributed by atoms with Crippen LogP contribution in [-0.2, 0) is 20.2 Å². The maximum atomic E-state index is 11.4. The van der Waals surface area contributed by atoms with E-state index in [1.807, 2.05) is 0 Å². The van der Waals surface area contributed by atoms with Gasteiger partial charge < -0.3 is 5.73 Å². The minimum Gasteiger partial charge on any atom is -0.398 e. The van der Waals surface area contributed by atoms with Crippen molar-refractivity contribution in [2.75, 3.05) is 5.73 Å². The number of fused-ring (bicyclic) bond motifs is 1. The van der Waals surface area contributed by atoms with Gasteiger partial charge in [-0.1, -0.05) is 18.2 Å². The number of benzene rings is 2. The van der Waals surface area contributed by atoms with Gasteiger partial charge in [0.05, 0.1) is 0 Å². The van der Waals surface area contributed by atoms with Crippen LogP contribution in [0.4, 0.5) is 5.69 Å². The Morgan fingerprint density at radius 1 is 0.842 bits per heavy atom. The summed E-state index contributed by atoms with van der Waals surface area (Å²) in [6, 6.07) is 6.30. The topological polar surface area (TPSA) is 135 Å². The van der Waals surface area contributed by atoms with Crippen molar-refractivity contribution >= 4 is 36.7 Å². The van der Waals surface area contributed by atoms with E-state index >= 15 is 0 Å². The van der Waals surface area contributed by atoms with Crippen molar-refractivity contribution in [1.82, 2.24) is 0 Å². The van der Waals surface area contributed by atoms with Crippen LogP contribution in [0.2, 0.25) is 0 Å². The zero-order valence-corrected chi connectivity index (χ0v) is 10.9. The fraction of sp³-hybridized carbons (Fsp3) is 0. The van der Waals surface area contributed by atoms with E-state index < -0.39 is 30.0 Å². The second-order valence-electron chi connectivity index (χ2n) is 3.79. The zero-order valence-electron chi connectivity index (χ0n) is 9.31. The third-order valence-electron chi connectivity index (χ3n) is 2.55. The maximum Gasteiger partial charge on any atom is 0.296 e. The van der Waals surface area contributed by atoms with Crippen LogP contribution >= 0.6 is 0 Å². The summed E-state index contributed by atoms with van der Waals surface area (Å²) in [6.45, 7) is 0. The lowest BCUT2D eigenvalue weighted by atomic mass is 10.1. The highest BCUT2D eigenvalue weighted by atomic mass is 32.2. The number of nitrogens with two attached hydrogens (primary N) is 1. The predicted molar refractivity (Wildman–Crippen MR) is 68.0 cm³/mol. The lowest BCUT2D eigenvalue weighted by Crippen LogP contribution is -2.09. The summed E-state index contributed by atoms with van der Waals surface area (Å²) in [7, 11) is -9.66. The van der Waals surface area contributed by atoms with Crippen molar-refractivity contribution < 1.29 is 25.9 Å². The van der Waals surface area contributed by atoms with E-state index in [4.69, 9.17) is 10.3 Å². The zero-order chi connectivity index (χ0) is 14.4. The number of rotatable bonds is 2. The highest BCUT2D eigenvalue weighted by molar-refractivity contribution is 7.89. The molecule has 0 fully saturated rings. The third-order valence-corrected chi connectivity index (χ3v) is 4.53. The molecule has 9 heteroatoms. The molecule has 0 unspecified atom stereocenters. The van der Waals surface area contributed by atoms with Gasteiger partial charge in [0.2, 0.25) is 0 Å². The average molecular weight is 303 g/mol. The maximum absolute atomic E-state index is 11.4. The molecule has 0 saturated heterocycles. The van der Waals surface area contributed by atoms with Crippen molar-refractivity contribution in [1.29, 1.82) is 0 Å². The summed E-state index contributed by atoms with van der Waals surface area (Å²) >= 11 is 0. The van der Waals surface area contributed by atoms with Gasteiger partial charge in [-0.3, -0.25) is 9.11 Å². The smallest absolute Gasteiger partial charge is 0.296 e. The van der Waals surface area contributed by atoms with Crippen LogP contribution in [0.5, 0.6) is 0 Å². The van der Waals surface area contributed by atoms with E-state index in [1.54, 1.807) is 0 Å². The molecule has 0 bridgehead atoms. The Labute approximate surface area is 109 Å². The first-order valence-electron chi connectivity index (χ1n) is 4.88. The van der Waals surface area contributed by atoms with Gasteiger partial charge in [-0.2, -0.15) is 16.8 Å². The predicted octanol–water partition coefficient (Wildman–Crippen LogP) is 0.915. The van der Waals surface area contributed by atoms with Gasteiger partial charge in [0.25, 0.3) is 20.2 Å². The van der Waals surface area contributed by atoms with Crippen molar-refractivity contribution in [3.05, 3.63) is 30.3 Å². The molecule has 102 valence electrons. The van der Waals surface area contributed by atoms with E-state index in [2.05, 4.69) is 0 Å². The molecule has 4 N–H and O–H groups in total. The van der Waals surface area contributed by atoms with Gasteiger partial charge in [-0.15, -0.1) is 0 Å². The number of hydrogen-bond donors (Lipinski definition) is 3. The van der Waals surface area contributed by atoms with Gasteiger partial charge in [-0.05, 0) is 12.1 Å². The van der Waals surface area contributed by atoms with E-state index in [0.717, 1.165) is 6.07 Å². The van der Waals surface area contributed by atoms with Crippen LogP contribution in [0.25, 0.3) is 10.8 Å². The molecule has 2 rings (SSSR count). The lowest BCUT2D eigenvalue weighted by molar-refractivity contribution is 0.467. The summed E-state index contributed by atoms with van der Waals surface area (Å²) < 4.78 is 63.3. The highest BCUT2D eigenvalue weighted by Gasteiger charge is 2.26. The Balaban J connectivity index is 3.12. The van der Waals surface area contributed by atoms with E-state index in [9.17, 15) is 21.4 Å². The molecule has 2 aromatic carbocycles.